The maximum absolute atomic E-state index is 12.3. The van der Waals surface area contributed by atoms with E-state index in [0.29, 0.717) is 12.5 Å². The molecule has 0 fully saturated rings. The molecule has 0 saturated carbocycles. The van der Waals surface area contributed by atoms with Crippen molar-refractivity contribution in [2.75, 3.05) is 13.6 Å². The van der Waals surface area contributed by atoms with Crippen molar-refractivity contribution in [1.82, 2.24) is 4.31 Å². The van der Waals surface area contributed by atoms with E-state index in [1.54, 1.807) is 0 Å². The Morgan fingerprint density at radius 1 is 1.05 bits per heavy atom. The molecule has 0 radical (unpaired) electrons. The Balaban J connectivity index is 2.99. The highest BCUT2D eigenvalue weighted by molar-refractivity contribution is 7.89. The van der Waals surface area contributed by atoms with Gasteiger partial charge in [-0.05, 0) is 36.6 Å². The summed E-state index contributed by atoms with van der Waals surface area (Å²) in [4.78, 5) is -0.0579. The molecule has 0 aliphatic carbocycles. The summed E-state index contributed by atoms with van der Waals surface area (Å²) < 4.78 is 48.0. The summed E-state index contributed by atoms with van der Waals surface area (Å²) in [5.41, 5.74) is 0. The topological polar surface area (TPSA) is 97.5 Å². The van der Waals surface area contributed by atoms with Crippen molar-refractivity contribution < 1.29 is 16.8 Å². The Morgan fingerprint density at radius 2 is 1.50 bits per heavy atom. The second-order valence-electron chi connectivity index (χ2n) is 5.03. The lowest BCUT2D eigenvalue weighted by Gasteiger charge is -2.18. The standard InChI is InChI=1S/C12H20N2O4S2/c1-10(2)8-9-14(3)20(17,18)12-6-4-11(5-7-12)19(13,15)16/h4-7,10H,8-9H2,1-3H3,(H2,13,15,16). The van der Waals surface area contributed by atoms with Gasteiger partial charge in [-0.3, -0.25) is 0 Å². The van der Waals surface area contributed by atoms with Gasteiger partial charge in [-0.2, -0.15) is 0 Å². The molecule has 0 aliphatic rings. The molecule has 6 nitrogen and oxygen atoms in total. The minimum absolute atomic E-state index is 0.0520. The molecular weight excluding hydrogens is 300 g/mol. The Bertz CT molecular complexity index is 649. The number of hydrogen-bond acceptors (Lipinski definition) is 4. The molecule has 0 aromatic heterocycles. The number of rotatable bonds is 6. The zero-order valence-corrected chi connectivity index (χ0v) is 13.4. The first kappa shape index (κ1) is 17.1. The third-order valence-electron chi connectivity index (χ3n) is 2.88. The van der Waals surface area contributed by atoms with E-state index < -0.39 is 20.0 Å². The third-order valence-corrected chi connectivity index (χ3v) is 5.68. The molecule has 0 amide bonds. The van der Waals surface area contributed by atoms with E-state index in [-0.39, 0.29) is 9.79 Å². The van der Waals surface area contributed by atoms with Crippen LogP contribution in [0.3, 0.4) is 0 Å². The minimum Gasteiger partial charge on any atom is -0.225 e. The number of nitrogens with zero attached hydrogens (tertiary/aromatic N) is 1. The smallest absolute Gasteiger partial charge is 0.225 e. The van der Waals surface area contributed by atoms with Crippen molar-refractivity contribution in [2.24, 2.45) is 11.1 Å². The molecule has 0 saturated heterocycles. The van der Waals surface area contributed by atoms with E-state index in [2.05, 4.69) is 0 Å². The lowest BCUT2D eigenvalue weighted by molar-refractivity contribution is 0.428. The van der Waals surface area contributed by atoms with Gasteiger partial charge in [0.25, 0.3) is 0 Å². The summed E-state index contributed by atoms with van der Waals surface area (Å²) >= 11 is 0. The van der Waals surface area contributed by atoms with Gasteiger partial charge < -0.3 is 0 Å². The van der Waals surface area contributed by atoms with Gasteiger partial charge in [-0.15, -0.1) is 0 Å². The van der Waals surface area contributed by atoms with Gasteiger partial charge in [0.2, 0.25) is 20.0 Å². The number of benzene rings is 1. The first-order valence-electron chi connectivity index (χ1n) is 6.14. The van der Waals surface area contributed by atoms with E-state index in [4.69, 9.17) is 5.14 Å². The maximum Gasteiger partial charge on any atom is 0.242 e. The summed E-state index contributed by atoms with van der Waals surface area (Å²) in [7, 11) is -5.91. The maximum atomic E-state index is 12.3. The van der Waals surface area contributed by atoms with Gasteiger partial charge >= 0.3 is 0 Å². The van der Waals surface area contributed by atoms with Crippen LogP contribution in [0.1, 0.15) is 20.3 Å². The third kappa shape index (κ3) is 4.27. The van der Waals surface area contributed by atoms with E-state index in [9.17, 15) is 16.8 Å². The van der Waals surface area contributed by atoms with Crippen LogP contribution in [-0.2, 0) is 20.0 Å². The fourth-order valence-electron chi connectivity index (χ4n) is 1.54. The average Bonchev–Trinajstić information content (AvgIpc) is 2.34. The van der Waals surface area contributed by atoms with Crippen LogP contribution in [-0.4, -0.2) is 34.7 Å². The number of hydrogen-bond donors (Lipinski definition) is 1. The molecule has 0 unspecified atom stereocenters. The highest BCUT2D eigenvalue weighted by atomic mass is 32.2. The summed E-state index contributed by atoms with van der Waals surface area (Å²) in [5.74, 6) is 0.400. The minimum atomic E-state index is -3.82. The van der Waals surface area contributed by atoms with Crippen LogP contribution in [0.4, 0.5) is 0 Å². The van der Waals surface area contributed by atoms with Crippen LogP contribution < -0.4 is 5.14 Å². The lowest BCUT2D eigenvalue weighted by atomic mass is 10.1. The Labute approximate surface area is 120 Å². The molecule has 1 rings (SSSR count). The highest BCUT2D eigenvalue weighted by Gasteiger charge is 2.21. The van der Waals surface area contributed by atoms with Gasteiger partial charge in [0.05, 0.1) is 9.79 Å². The van der Waals surface area contributed by atoms with E-state index in [0.717, 1.165) is 6.42 Å². The van der Waals surface area contributed by atoms with Crippen LogP contribution in [0.15, 0.2) is 34.1 Å². The first-order chi connectivity index (χ1) is 9.05. The molecule has 0 bridgehead atoms. The van der Waals surface area contributed by atoms with Crippen LogP contribution in [0, 0.1) is 5.92 Å². The van der Waals surface area contributed by atoms with Gasteiger partial charge in [-0.1, -0.05) is 13.8 Å². The monoisotopic (exact) mass is 320 g/mol. The summed E-state index contributed by atoms with van der Waals surface area (Å²) in [6, 6.07) is 4.89. The second-order valence-corrected chi connectivity index (χ2v) is 8.63. The van der Waals surface area contributed by atoms with E-state index >= 15 is 0 Å². The summed E-state index contributed by atoms with van der Waals surface area (Å²) in [6.45, 7) is 4.44. The molecule has 0 aliphatic heterocycles. The molecule has 0 spiro atoms. The van der Waals surface area contributed by atoms with Crippen LogP contribution >= 0.6 is 0 Å². The van der Waals surface area contributed by atoms with Crippen molar-refractivity contribution in [2.45, 2.75) is 30.1 Å². The van der Waals surface area contributed by atoms with E-state index in [1.807, 2.05) is 13.8 Å². The van der Waals surface area contributed by atoms with Crippen LogP contribution in [0.2, 0.25) is 0 Å². The summed E-state index contributed by atoms with van der Waals surface area (Å²) in [5, 5.41) is 4.97. The highest BCUT2D eigenvalue weighted by Crippen LogP contribution is 2.17. The number of sulfonamides is 2. The second kappa shape index (κ2) is 6.21. The SMILES string of the molecule is CC(C)CCN(C)S(=O)(=O)c1ccc(S(N)(=O)=O)cc1. The number of nitrogens with two attached hydrogens (primary N) is 1. The first-order valence-corrected chi connectivity index (χ1v) is 9.13. The Hall–Kier alpha value is -0.960. The molecule has 114 valence electrons. The lowest BCUT2D eigenvalue weighted by Crippen LogP contribution is -2.28. The zero-order valence-electron chi connectivity index (χ0n) is 11.8. The molecule has 2 N–H and O–H groups in total. The Morgan fingerprint density at radius 3 is 1.90 bits per heavy atom. The summed E-state index contributed by atoms with van der Waals surface area (Å²) in [6.07, 6.45) is 0.755. The predicted octanol–water partition coefficient (Wildman–Crippen LogP) is 1.00. The number of primary sulfonamides is 1. The van der Waals surface area contributed by atoms with Gasteiger partial charge in [0, 0.05) is 13.6 Å². The molecular formula is C12H20N2O4S2. The van der Waals surface area contributed by atoms with Crippen molar-refractivity contribution in [3.63, 3.8) is 0 Å². The van der Waals surface area contributed by atoms with Crippen molar-refractivity contribution >= 4 is 20.0 Å². The Kier molecular flexibility index (Phi) is 5.31. The largest absolute Gasteiger partial charge is 0.242 e. The molecule has 0 heterocycles. The van der Waals surface area contributed by atoms with E-state index in [1.165, 1.54) is 35.6 Å². The van der Waals surface area contributed by atoms with Crippen LogP contribution in [0.25, 0.3) is 0 Å². The molecule has 8 heteroatoms. The predicted molar refractivity (Wildman–Crippen MR) is 77.1 cm³/mol. The van der Waals surface area contributed by atoms with Gasteiger partial charge in [0.15, 0.2) is 0 Å². The molecule has 1 aromatic carbocycles. The van der Waals surface area contributed by atoms with Crippen molar-refractivity contribution in [3.8, 4) is 0 Å². The molecule has 1 aromatic rings. The van der Waals surface area contributed by atoms with Gasteiger partial charge in [-0.25, -0.2) is 26.3 Å². The fraction of sp³-hybridized carbons (Fsp3) is 0.500. The molecule has 0 atom stereocenters. The fourth-order valence-corrected chi connectivity index (χ4v) is 3.24. The zero-order chi connectivity index (χ0) is 15.6. The quantitative estimate of drug-likeness (QED) is 0.845. The molecule has 20 heavy (non-hydrogen) atoms. The average molecular weight is 320 g/mol. The van der Waals surface area contributed by atoms with Crippen molar-refractivity contribution in [1.29, 1.82) is 0 Å². The normalized spacial score (nSPS) is 13.1. The van der Waals surface area contributed by atoms with Crippen molar-refractivity contribution in [3.05, 3.63) is 24.3 Å². The van der Waals surface area contributed by atoms with Crippen LogP contribution in [0.5, 0.6) is 0 Å². The van der Waals surface area contributed by atoms with Gasteiger partial charge in [0.1, 0.15) is 0 Å².